The van der Waals surface area contributed by atoms with E-state index in [0.29, 0.717) is 12.4 Å². The van der Waals surface area contributed by atoms with Crippen LogP contribution in [0.4, 0.5) is 0 Å². The van der Waals surface area contributed by atoms with Gasteiger partial charge < -0.3 is 15.0 Å². The van der Waals surface area contributed by atoms with Gasteiger partial charge in [0.1, 0.15) is 6.04 Å². The van der Waals surface area contributed by atoms with E-state index in [4.69, 9.17) is 4.74 Å². The lowest BCUT2D eigenvalue weighted by molar-refractivity contribution is -0.135. The van der Waals surface area contributed by atoms with Gasteiger partial charge in [-0.2, -0.15) is 0 Å². The first-order valence-corrected chi connectivity index (χ1v) is 6.76. The second-order valence-electron chi connectivity index (χ2n) is 5.13. The number of nitrogens with zero attached hydrogens (tertiary/aromatic N) is 3. The average molecular weight is 278 g/mol. The van der Waals surface area contributed by atoms with Crippen LogP contribution in [0.1, 0.15) is 5.56 Å². The summed E-state index contributed by atoms with van der Waals surface area (Å²) >= 11 is 0. The van der Waals surface area contributed by atoms with Crippen LogP contribution in [0.15, 0.2) is 18.3 Å². The number of hydrogen-bond donors (Lipinski definition) is 1. The average Bonchev–Trinajstić information content (AvgIpc) is 2.48. The van der Waals surface area contributed by atoms with Crippen molar-refractivity contribution in [3.05, 3.63) is 23.9 Å². The molecule has 1 saturated heterocycles. The number of ether oxygens (including phenoxy) is 1. The number of aromatic nitrogens is 1. The third-order valence-electron chi connectivity index (χ3n) is 3.47. The Balaban J connectivity index is 2.06. The third-order valence-corrected chi connectivity index (χ3v) is 3.47. The number of carbonyl (C=O) groups excluding carboxylic acids is 1. The van der Waals surface area contributed by atoms with E-state index in [1.165, 1.54) is 0 Å². The van der Waals surface area contributed by atoms with Crippen molar-refractivity contribution in [1.29, 1.82) is 0 Å². The first-order valence-electron chi connectivity index (χ1n) is 6.76. The zero-order valence-corrected chi connectivity index (χ0v) is 12.3. The predicted octanol–water partition coefficient (Wildman–Crippen LogP) is -0.0478. The lowest BCUT2D eigenvalue weighted by Crippen LogP contribution is -2.57. The summed E-state index contributed by atoms with van der Waals surface area (Å²) < 4.78 is 5.05. The molecule has 1 unspecified atom stereocenters. The standard InChI is InChI=1S/C14H22N4O2/c1-17(2)14(19)12-9-15-6-7-18(12)10-11-4-5-13(20-3)16-8-11/h4-5,8,12,15H,6-7,9-10H2,1-3H3. The van der Waals surface area contributed by atoms with Gasteiger partial charge in [0.25, 0.3) is 0 Å². The van der Waals surface area contributed by atoms with Crippen LogP contribution in [0.5, 0.6) is 5.88 Å². The van der Waals surface area contributed by atoms with Gasteiger partial charge >= 0.3 is 0 Å². The molecule has 1 amide bonds. The molecule has 1 aromatic heterocycles. The van der Waals surface area contributed by atoms with E-state index < -0.39 is 0 Å². The first-order chi connectivity index (χ1) is 9.61. The molecule has 6 heteroatoms. The van der Waals surface area contributed by atoms with Gasteiger partial charge in [0, 0.05) is 52.5 Å². The molecule has 1 atom stereocenters. The molecule has 0 radical (unpaired) electrons. The van der Waals surface area contributed by atoms with Crippen molar-refractivity contribution in [1.82, 2.24) is 20.1 Å². The number of rotatable bonds is 4. The molecule has 20 heavy (non-hydrogen) atoms. The van der Waals surface area contributed by atoms with Crippen LogP contribution in [-0.2, 0) is 11.3 Å². The molecule has 1 fully saturated rings. The van der Waals surface area contributed by atoms with Gasteiger partial charge in [-0.15, -0.1) is 0 Å². The minimum atomic E-state index is -0.110. The van der Waals surface area contributed by atoms with Gasteiger partial charge in [-0.3, -0.25) is 9.69 Å². The number of hydrogen-bond acceptors (Lipinski definition) is 5. The van der Waals surface area contributed by atoms with E-state index in [2.05, 4.69) is 15.2 Å². The molecule has 2 heterocycles. The summed E-state index contributed by atoms with van der Waals surface area (Å²) in [6, 6.07) is 3.73. The first kappa shape index (κ1) is 14.7. The zero-order valence-electron chi connectivity index (χ0n) is 12.3. The molecular weight excluding hydrogens is 256 g/mol. The van der Waals surface area contributed by atoms with E-state index >= 15 is 0 Å². The molecule has 6 nitrogen and oxygen atoms in total. The van der Waals surface area contributed by atoms with Gasteiger partial charge in [0.05, 0.1) is 7.11 Å². The fraction of sp³-hybridized carbons (Fsp3) is 0.571. The third kappa shape index (κ3) is 3.46. The molecule has 0 spiro atoms. The van der Waals surface area contributed by atoms with Crippen molar-refractivity contribution in [2.24, 2.45) is 0 Å². The number of pyridine rings is 1. The van der Waals surface area contributed by atoms with Crippen LogP contribution in [0.25, 0.3) is 0 Å². The smallest absolute Gasteiger partial charge is 0.240 e. The fourth-order valence-corrected chi connectivity index (χ4v) is 2.34. The fourth-order valence-electron chi connectivity index (χ4n) is 2.34. The van der Waals surface area contributed by atoms with Crippen molar-refractivity contribution >= 4 is 5.91 Å². The maximum absolute atomic E-state index is 12.2. The van der Waals surface area contributed by atoms with E-state index in [-0.39, 0.29) is 11.9 Å². The highest BCUT2D eigenvalue weighted by molar-refractivity contribution is 5.81. The quantitative estimate of drug-likeness (QED) is 0.837. The van der Waals surface area contributed by atoms with Crippen LogP contribution in [0, 0.1) is 0 Å². The molecule has 110 valence electrons. The Morgan fingerprint density at radius 2 is 2.35 bits per heavy atom. The second kappa shape index (κ2) is 6.67. The summed E-state index contributed by atoms with van der Waals surface area (Å²) in [5, 5.41) is 3.28. The summed E-state index contributed by atoms with van der Waals surface area (Å²) in [7, 11) is 5.19. The Labute approximate surface area is 119 Å². The summed E-state index contributed by atoms with van der Waals surface area (Å²) in [6.45, 7) is 3.18. The van der Waals surface area contributed by atoms with Gasteiger partial charge in [0.15, 0.2) is 0 Å². The Morgan fingerprint density at radius 1 is 1.55 bits per heavy atom. The van der Waals surface area contributed by atoms with E-state index in [1.807, 2.05) is 12.1 Å². The van der Waals surface area contributed by atoms with Crippen LogP contribution in [0.2, 0.25) is 0 Å². The molecule has 1 N–H and O–H groups in total. The van der Waals surface area contributed by atoms with Gasteiger partial charge in [-0.05, 0) is 5.56 Å². The highest BCUT2D eigenvalue weighted by Gasteiger charge is 2.29. The molecule has 1 aliphatic rings. The topological polar surface area (TPSA) is 57.7 Å². The molecule has 2 rings (SSSR count). The molecule has 0 bridgehead atoms. The second-order valence-corrected chi connectivity index (χ2v) is 5.13. The molecule has 1 aliphatic heterocycles. The molecule has 0 aromatic carbocycles. The molecule has 0 aliphatic carbocycles. The van der Waals surface area contributed by atoms with Gasteiger partial charge in [-0.1, -0.05) is 6.07 Å². The normalized spacial score (nSPS) is 19.6. The molecule has 0 saturated carbocycles. The van der Waals surface area contributed by atoms with E-state index in [9.17, 15) is 4.79 Å². The summed E-state index contributed by atoms with van der Waals surface area (Å²) in [4.78, 5) is 20.3. The van der Waals surface area contributed by atoms with Gasteiger partial charge in [0.2, 0.25) is 11.8 Å². The highest BCUT2D eigenvalue weighted by atomic mass is 16.5. The summed E-state index contributed by atoms with van der Waals surface area (Å²) in [5.74, 6) is 0.744. The highest BCUT2D eigenvalue weighted by Crippen LogP contribution is 2.13. The number of nitrogens with one attached hydrogen (secondary N) is 1. The largest absolute Gasteiger partial charge is 0.481 e. The summed E-state index contributed by atoms with van der Waals surface area (Å²) in [6.07, 6.45) is 1.80. The number of methoxy groups -OCH3 is 1. The minimum Gasteiger partial charge on any atom is -0.481 e. The van der Waals surface area contributed by atoms with Crippen LogP contribution >= 0.6 is 0 Å². The minimum absolute atomic E-state index is 0.110. The van der Waals surface area contributed by atoms with Crippen LogP contribution < -0.4 is 10.1 Å². The molecule has 1 aromatic rings. The Hall–Kier alpha value is -1.66. The lowest BCUT2D eigenvalue weighted by Gasteiger charge is -2.36. The van der Waals surface area contributed by atoms with Crippen molar-refractivity contribution in [3.63, 3.8) is 0 Å². The van der Waals surface area contributed by atoms with Crippen molar-refractivity contribution in [2.45, 2.75) is 12.6 Å². The number of carbonyl (C=O) groups is 1. The number of likely N-dealkylation sites (N-methyl/N-ethyl adjacent to an activating group) is 1. The monoisotopic (exact) mass is 278 g/mol. The van der Waals surface area contributed by atoms with Crippen LogP contribution in [-0.4, -0.2) is 67.6 Å². The van der Waals surface area contributed by atoms with E-state index in [0.717, 1.165) is 25.2 Å². The maximum atomic E-state index is 12.2. The van der Waals surface area contributed by atoms with Gasteiger partial charge in [-0.25, -0.2) is 4.98 Å². The predicted molar refractivity (Wildman–Crippen MR) is 76.6 cm³/mol. The SMILES string of the molecule is COc1ccc(CN2CCNCC2C(=O)N(C)C)cn1. The van der Waals surface area contributed by atoms with Crippen molar-refractivity contribution in [2.75, 3.05) is 40.8 Å². The zero-order chi connectivity index (χ0) is 14.5. The van der Waals surface area contributed by atoms with E-state index in [1.54, 1.807) is 32.3 Å². The van der Waals surface area contributed by atoms with Crippen molar-refractivity contribution in [3.8, 4) is 5.88 Å². The number of piperazine rings is 1. The van der Waals surface area contributed by atoms with Crippen molar-refractivity contribution < 1.29 is 9.53 Å². The molecular formula is C14H22N4O2. The van der Waals surface area contributed by atoms with Crippen LogP contribution in [0.3, 0.4) is 0 Å². The Bertz CT molecular complexity index is 447. The lowest BCUT2D eigenvalue weighted by atomic mass is 10.1. The Kier molecular flexibility index (Phi) is 4.92. The maximum Gasteiger partial charge on any atom is 0.240 e. The number of amides is 1. The Morgan fingerprint density at radius 3 is 2.95 bits per heavy atom. The summed E-state index contributed by atoms with van der Waals surface area (Å²) in [5.41, 5.74) is 1.09.